The van der Waals surface area contributed by atoms with E-state index < -0.39 is 40.2 Å². The molecule has 11 heteroatoms. The number of nitrogens with zero attached hydrogens (tertiary/aromatic N) is 2. The van der Waals surface area contributed by atoms with Gasteiger partial charge in [-0.1, -0.05) is 24.3 Å². The van der Waals surface area contributed by atoms with Crippen LogP contribution in [0.4, 0.5) is 10.1 Å². The third-order valence-corrected chi connectivity index (χ3v) is 8.66. The number of halogens is 1. The van der Waals surface area contributed by atoms with Crippen molar-refractivity contribution < 1.29 is 27.1 Å². The average molecular weight is 588 g/mol. The third kappa shape index (κ3) is 7.54. The lowest BCUT2D eigenvalue weighted by atomic mass is 10.1. The Hall–Kier alpha value is -3.57. The zero-order valence-electron chi connectivity index (χ0n) is 23.0. The number of sulfonamides is 1. The Morgan fingerprint density at radius 3 is 2.25 bits per heavy atom. The molecule has 0 fully saturated rings. The van der Waals surface area contributed by atoms with Crippen LogP contribution in [0.1, 0.15) is 26.3 Å². The maximum Gasteiger partial charge on any atom is 0.264 e. The van der Waals surface area contributed by atoms with Gasteiger partial charge in [-0.2, -0.15) is 0 Å². The fourth-order valence-corrected chi connectivity index (χ4v) is 5.85. The van der Waals surface area contributed by atoms with Crippen molar-refractivity contribution in [1.29, 1.82) is 0 Å². The molecule has 0 unspecified atom stereocenters. The Labute approximate surface area is 239 Å². The molecule has 40 heavy (non-hydrogen) atoms. The monoisotopic (exact) mass is 587 g/mol. The van der Waals surface area contributed by atoms with E-state index in [9.17, 15) is 22.4 Å². The lowest BCUT2D eigenvalue weighted by Crippen LogP contribution is -2.51. The summed E-state index contributed by atoms with van der Waals surface area (Å²) in [5, 5.41) is 2.71. The molecule has 1 N–H and O–H groups in total. The average Bonchev–Trinajstić information content (AvgIpc) is 2.95. The Morgan fingerprint density at radius 2 is 1.65 bits per heavy atom. The van der Waals surface area contributed by atoms with Crippen LogP contribution in [0.5, 0.6) is 5.75 Å². The first kappa shape index (κ1) is 31.0. The molecule has 214 valence electrons. The number of amides is 2. The van der Waals surface area contributed by atoms with Gasteiger partial charge in [-0.3, -0.25) is 13.9 Å². The predicted octanol–water partition coefficient (Wildman–Crippen LogP) is 4.70. The van der Waals surface area contributed by atoms with Gasteiger partial charge in [0.05, 0.1) is 17.2 Å². The number of likely N-dealkylation sites (N-methyl/N-ethyl adjacent to an activating group) is 1. The fourth-order valence-electron chi connectivity index (χ4n) is 4.02. The molecule has 0 bridgehead atoms. The number of hydrogen-bond donors (Lipinski definition) is 1. The van der Waals surface area contributed by atoms with Crippen LogP contribution < -0.4 is 14.4 Å². The van der Waals surface area contributed by atoms with E-state index in [4.69, 9.17) is 4.74 Å². The lowest BCUT2D eigenvalue weighted by Gasteiger charge is -2.32. The molecule has 3 rings (SSSR count). The topological polar surface area (TPSA) is 96.0 Å². The second-order valence-corrected chi connectivity index (χ2v) is 11.5. The Kier molecular flexibility index (Phi) is 11.0. The lowest BCUT2D eigenvalue weighted by molar-refractivity contribution is -0.139. The number of anilines is 1. The van der Waals surface area contributed by atoms with Gasteiger partial charge in [0.2, 0.25) is 11.8 Å². The predicted molar refractivity (Wildman–Crippen MR) is 155 cm³/mol. The molecular weight excluding hydrogens is 553 g/mol. The molecule has 0 saturated carbocycles. The molecule has 3 aromatic rings. The maximum atomic E-state index is 14.0. The van der Waals surface area contributed by atoms with Crippen molar-refractivity contribution in [3.05, 3.63) is 84.2 Å². The Balaban J connectivity index is 2.08. The number of carbonyl (C=O) groups is 2. The van der Waals surface area contributed by atoms with Crippen molar-refractivity contribution in [2.45, 2.75) is 43.1 Å². The van der Waals surface area contributed by atoms with Gasteiger partial charge in [-0.05, 0) is 81.1 Å². The Bertz CT molecular complexity index is 1400. The summed E-state index contributed by atoms with van der Waals surface area (Å²) in [6.45, 7) is 5.13. The van der Waals surface area contributed by atoms with E-state index in [-0.39, 0.29) is 23.7 Å². The summed E-state index contributed by atoms with van der Waals surface area (Å²) in [5.41, 5.74) is 0.779. The minimum absolute atomic E-state index is 0.00580. The maximum absolute atomic E-state index is 14.0. The smallest absolute Gasteiger partial charge is 0.264 e. The van der Waals surface area contributed by atoms with Crippen molar-refractivity contribution in [1.82, 2.24) is 10.2 Å². The van der Waals surface area contributed by atoms with Crippen LogP contribution in [0.2, 0.25) is 0 Å². The molecule has 0 aliphatic rings. The first-order valence-electron chi connectivity index (χ1n) is 12.8. The van der Waals surface area contributed by atoms with Crippen molar-refractivity contribution in [3.63, 3.8) is 0 Å². The first-order chi connectivity index (χ1) is 19.1. The van der Waals surface area contributed by atoms with Crippen LogP contribution >= 0.6 is 11.8 Å². The largest absolute Gasteiger partial charge is 0.492 e. The molecule has 1 atom stereocenters. The molecule has 2 amide bonds. The van der Waals surface area contributed by atoms with Gasteiger partial charge < -0.3 is 15.0 Å². The highest BCUT2D eigenvalue weighted by Gasteiger charge is 2.33. The minimum atomic E-state index is -4.24. The normalized spacial score (nSPS) is 11.9. The van der Waals surface area contributed by atoms with Gasteiger partial charge in [-0.25, -0.2) is 12.8 Å². The van der Waals surface area contributed by atoms with Crippen molar-refractivity contribution in [3.8, 4) is 5.75 Å². The summed E-state index contributed by atoms with van der Waals surface area (Å²) in [6.07, 6.45) is 1.89. The van der Waals surface area contributed by atoms with Gasteiger partial charge in [0, 0.05) is 18.0 Å². The second-order valence-electron chi connectivity index (χ2n) is 8.81. The van der Waals surface area contributed by atoms with Gasteiger partial charge >= 0.3 is 0 Å². The van der Waals surface area contributed by atoms with Crippen LogP contribution in [-0.4, -0.2) is 57.1 Å². The number of thioether (sulfide) groups is 1. The van der Waals surface area contributed by atoms with Gasteiger partial charge in [-0.15, -0.1) is 11.8 Å². The SMILES string of the molecule is CCNC(=O)[C@H](C)N(Cc1ccc(F)cc1)C(=O)CN(c1ccccc1OCC)S(=O)(=O)c1ccc(SC)cc1. The van der Waals surface area contributed by atoms with E-state index in [0.29, 0.717) is 17.9 Å². The molecule has 8 nitrogen and oxygen atoms in total. The molecule has 0 aliphatic heterocycles. The molecule has 0 saturated heterocycles. The molecule has 0 aliphatic carbocycles. The number of para-hydroxylation sites is 2. The quantitative estimate of drug-likeness (QED) is 0.292. The summed E-state index contributed by atoms with van der Waals surface area (Å²) in [5.74, 6) is -1.15. The summed E-state index contributed by atoms with van der Waals surface area (Å²) >= 11 is 1.48. The fraction of sp³-hybridized carbons (Fsp3) is 0.310. The molecule has 0 heterocycles. The molecule has 3 aromatic carbocycles. The van der Waals surface area contributed by atoms with Crippen molar-refractivity contribution in [2.24, 2.45) is 0 Å². The number of hydrogen-bond acceptors (Lipinski definition) is 6. The van der Waals surface area contributed by atoms with E-state index in [0.717, 1.165) is 9.20 Å². The zero-order valence-corrected chi connectivity index (χ0v) is 24.6. The number of nitrogens with one attached hydrogen (secondary N) is 1. The van der Waals surface area contributed by atoms with Crippen molar-refractivity contribution >= 4 is 39.3 Å². The molecule has 0 aromatic heterocycles. The second kappa shape index (κ2) is 14.2. The third-order valence-electron chi connectivity index (χ3n) is 6.14. The Morgan fingerprint density at radius 1 is 1.00 bits per heavy atom. The van der Waals surface area contributed by atoms with Gasteiger partial charge in [0.25, 0.3) is 10.0 Å². The molecule has 0 radical (unpaired) electrons. The summed E-state index contributed by atoms with van der Waals surface area (Å²) < 4.78 is 48.3. The number of carbonyl (C=O) groups excluding carboxylic acids is 2. The van der Waals surface area contributed by atoms with Crippen LogP contribution in [-0.2, 0) is 26.2 Å². The summed E-state index contributed by atoms with van der Waals surface area (Å²) in [4.78, 5) is 28.9. The van der Waals surface area contributed by atoms with E-state index >= 15 is 0 Å². The highest BCUT2D eigenvalue weighted by atomic mass is 32.2. The van der Waals surface area contributed by atoms with Gasteiger partial charge in [0.1, 0.15) is 24.2 Å². The van der Waals surface area contributed by atoms with E-state index in [2.05, 4.69) is 5.32 Å². The summed E-state index contributed by atoms with van der Waals surface area (Å²) in [6, 6.07) is 17.6. The highest BCUT2D eigenvalue weighted by molar-refractivity contribution is 7.98. The van der Waals surface area contributed by atoms with Crippen molar-refractivity contribution in [2.75, 3.05) is 30.3 Å². The minimum Gasteiger partial charge on any atom is -0.492 e. The van der Waals surface area contributed by atoms with Crippen LogP contribution in [0.15, 0.2) is 82.6 Å². The number of ether oxygens (including phenoxy) is 1. The van der Waals surface area contributed by atoms with Crippen LogP contribution in [0, 0.1) is 5.82 Å². The van der Waals surface area contributed by atoms with Gasteiger partial charge in [0.15, 0.2) is 0 Å². The van der Waals surface area contributed by atoms with E-state index in [1.807, 2.05) is 6.26 Å². The number of rotatable bonds is 13. The van der Waals surface area contributed by atoms with E-state index in [1.54, 1.807) is 57.2 Å². The first-order valence-corrected chi connectivity index (χ1v) is 15.5. The summed E-state index contributed by atoms with van der Waals surface area (Å²) in [7, 11) is -4.24. The molecular formula is C29H34FN3O5S2. The zero-order chi connectivity index (χ0) is 29.3. The van der Waals surface area contributed by atoms with Crippen LogP contribution in [0.25, 0.3) is 0 Å². The highest BCUT2D eigenvalue weighted by Crippen LogP contribution is 2.33. The molecule has 0 spiro atoms. The van der Waals surface area contributed by atoms with Crippen LogP contribution in [0.3, 0.4) is 0 Å². The van der Waals surface area contributed by atoms with E-state index in [1.165, 1.54) is 53.1 Å². The number of benzene rings is 3. The standard InChI is InChI=1S/C29H34FN3O5S2/c1-5-31-29(35)21(3)32(19-22-11-13-23(30)14-12-22)28(34)20-33(26-9-7-8-10-27(26)38-6-2)40(36,37)25-17-15-24(39-4)16-18-25/h7-18,21H,5-6,19-20H2,1-4H3,(H,31,35)/t21-/m0/s1.